The van der Waals surface area contributed by atoms with Gasteiger partial charge >= 0.3 is 0 Å². The summed E-state index contributed by atoms with van der Waals surface area (Å²) < 4.78 is 0. The van der Waals surface area contributed by atoms with Gasteiger partial charge in [0.25, 0.3) is 0 Å². The summed E-state index contributed by atoms with van der Waals surface area (Å²) in [6, 6.07) is 4.67. The molecule has 1 aromatic rings. The number of hydrogen-bond donors (Lipinski definition) is 5. The van der Waals surface area contributed by atoms with Crippen LogP contribution in [0.2, 0.25) is 0 Å². The van der Waals surface area contributed by atoms with Crippen LogP contribution in [-0.2, 0) is 19.2 Å². The van der Waals surface area contributed by atoms with Gasteiger partial charge in [-0.2, -0.15) is 0 Å². The summed E-state index contributed by atoms with van der Waals surface area (Å²) in [4.78, 5) is 48.9. The summed E-state index contributed by atoms with van der Waals surface area (Å²) in [5, 5.41) is 10.4. The van der Waals surface area contributed by atoms with Gasteiger partial charge < -0.3 is 27.0 Å². The Hall–Kier alpha value is -3.10. The quantitative estimate of drug-likeness (QED) is 0.351. The fraction of sp³-hybridized carbons (Fsp3) is 0.474. The summed E-state index contributed by atoms with van der Waals surface area (Å²) in [5.41, 5.74) is 4.20. The molecule has 0 saturated carbocycles. The van der Waals surface area contributed by atoms with Gasteiger partial charge in [-0.3, -0.25) is 19.2 Å². The number of hydrogen-bond acceptors (Lipinski definition) is 5. The van der Waals surface area contributed by atoms with E-state index in [1.165, 1.54) is 40.8 Å². The molecule has 154 valence electrons. The second kappa shape index (κ2) is 8.73. The Morgan fingerprint density at radius 2 is 1.54 bits per heavy atom. The van der Waals surface area contributed by atoms with E-state index in [2.05, 4.69) is 21.3 Å². The van der Waals surface area contributed by atoms with Crippen molar-refractivity contribution >= 4 is 40.7 Å². The lowest BCUT2D eigenvalue weighted by atomic mass is 9.89. The fourth-order valence-corrected chi connectivity index (χ4v) is 2.20. The van der Waals surface area contributed by atoms with Crippen LogP contribution < -0.4 is 27.0 Å². The molecule has 0 fully saturated rings. The van der Waals surface area contributed by atoms with Gasteiger partial charge in [-0.05, 0) is 45.9 Å². The van der Waals surface area contributed by atoms with E-state index < -0.39 is 28.7 Å². The summed E-state index contributed by atoms with van der Waals surface area (Å²) in [5.74, 6) is -1.82. The Balaban J connectivity index is 3.01. The highest BCUT2D eigenvalue weighted by Gasteiger charge is 2.40. The van der Waals surface area contributed by atoms with Crippen LogP contribution in [0.15, 0.2) is 18.2 Å². The highest BCUT2D eigenvalue weighted by atomic mass is 16.2. The van der Waals surface area contributed by atoms with Crippen molar-refractivity contribution in [1.82, 2.24) is 10.6 Å². The summed E-state index contributed by atoms with van der Waals surface area (Å²) in [6.07, 6.45) is 0.262. The first-order valence-corrected chi connectivity index (χ1v) is 8.90. The van der Waals surface area contributed by atoms with Crippen molar-refractivity contribution in [2.75, 3.05) is 23.4 Å². The molecule has 0 aliphatic heterocycles. The zero-order chi connectivity index (χ0) is 21.7. The van der Waals surface area contributed by atoms with E-state index in [0.717, 1.165) is 0 Å². The molecule has 0 bridgehead atoms. The van der Waals surface area contributed by atoms with Crippen LogP contribution >= 0.6 is 0 Å². The molecule has 28 heavy (non-hydrogen) atoms. The zero-order valence-electron chi connectivity index (χ0n) is 17.1. The number of anilines is 3. The van der Waals surface area contributed by atoms with Crippen LogP contribution in [0, 0.1) is 5.41 Å². The molecular formula is C19H29N5O4. The molecule has 0 unspecified atom stereocenters. The van der Waals surface area contributed by atoms with Gasteiger partial charge in [0.1, 0.15) is 11.0 Å². The van der Waals surface area contributed by atoms with Crippen molar-refractivity contribution in [3.05, 3.63) is 18.2 Å². The third kappa shape index (κ3) is 5.45. The first kappa shape index (κ1) is 22.9. The lowest BCUT2D eigenvalue weighted by Crippen LogP contribution is -2.58. The van der Waals surface area contributed by atoms with Crippen molar-refractivity contribution in [1.29, 1.82) is 0 Å². The first-order valence-electron chi connectivity index (χ1n) is 8.90. The number of amides is 4. The summed E-state index contributed by atoms with van der Waals surface area (Å²) >= 11 is 0. The summed E-state index contributed by atoms with van der Waals surface area (Å²) in [6.45, 7) is 7.66. The molecule has 0 aliphatic carbocycles. The van der Waals surface area contributed by atoms with Gasteiger partial charge in [0.15, 0.2) is 0 Å². The maximum absolute atomic E-state index is 12.8. The van der Waals surface area contributed by atoms with E-state index >= 15 is 0 Å². The molecule has 1 rings (SSSR count). The number of rotatable bonds is 7. The van der Waals surface area contributed by atoms with Crippen LogP contribution in [0.1, 0.15) is 41.0 Å². The molecule has 9 nitrogen and oxygen atoms in total. The Bertz CT molecular complexity index is 787. The molecule has 0 heterocycles. The van der Waals surface area contributed by atoms with Crippen LogP contribution in [0.4, 0.5) is 17.1 Å². The lowest BCUT2D eigenvalue weighted by molar-refractivity contribution is -0.143. The number of nitrogens with one attached hydrogen (secondary N) is 4. The lowest BCUT2D eigenvalue weighted by Gasteiger charge is -2.30. The van der Waals surface area contributed by atoms with Crippen molar-refractivity contribution in [2.45, 2.75) is 46.6 Å². The zero-order valence-corrected chi connectivity index (χ0v) is 17.1. The Kier molecular flexibility index (Phi) is 7.15. The molecule has 0 spiro atoms. The third-order valence-corrected chi connectivity index (χ3v) is 4.24. The average molecular weight is 391 g/mol. The van der Waals surface area contributed by atoms with Crippen LogP contribution in [0.3, 0.4) is 0 Å². The second-order valence-corrected chi connectivity index (χ2v) is 7.44. The first-order chi connectivity index (χ1) is 12.8. The third-order valence-electron chi connectivity index (χ3n) is 4.24. The molecule has 0 aliphatic rings. The Labute approximate surface area is 164 Å². The molecular weight excluding hydrogens is 362 g/mol. The molecule has 0 atom stereocenters. The van der Waals surface area contributed by atoms with E-state index in [4.69, 9.17) is 5.73 Å². The Morgan fingerprint density at radius 1 is 0.929 bits per heavy atom. The predicted molar refractivity (Wildman–Crippen MR) is 108 cm³/mol. The molecule has 0 saturated heterocycles. The molecule has 0 aromatic heterocycles. The fourth-order valence-electron chi connectivity index (χ4n) is 2.20. The van der Waals surface area contributed by atoms with Gasteiger partial charge in [0.2, 0.25) is 23.6 Å². The molecule has 9 heteroatoms. The number of benzene rings is 1. The van der Waals surface area contributed by atoms with Gasteiger partial charge in [0.05, 0.1) is 11.4 Å². The van der Waals surface area contributed by atoms with E-state index in [-0.39, 0.29) is 12.3 Å². The predicted octanol–water partition coefficient (Wildman–Crippen LogP) is 1.22. The van der Waals surface area contributed by atoms with Crippen LogP contribution in [0.25, 0.3) is 0 Å². The topological polar surface area (TPSA) is 142 Å². The number of nitrogen functional groups attached to an aromatic ring is 1. The van der Waals surface area contributed by atoms with Crippen LogP contribution in [0.5, 0.6) is 0 Å². The minimum absolute atomic E-state index is 0.235. The highest BCUT2D eigenvalue weighted by Crippen LogP contribution is 2.26. The minimum Gasteiger partial charge on any atom is -0.399 e. The molecule has 1 aromatic carbocycles. The SMILES string of the molecule is CCC(=O)Nc1cc(N)ccc1NC(=O)C(C)(C)NC(=O)C(C)(C)C(=O)NC. The van der Waals surface area contributed by atoms with Gasteiger partial charge in [-0.1, -0.05) is 6.92 Å². The average Bonchev–Trinajstić information content (AvgIpc) is 2.62. The largest absolute Gasteiger partial charge is 0.399 e. The maximum atomic E-state index is 12.8. The smallest absolute Gasteiger partial charge is 0.249 e. The van der Waals surface area contributed by atoms with Gasteiger partial charge in [-0.15, -0.1) is 0 Å². The monoisotopic (exact) mass is 391 g/mol. The van der Waals surface area contributed by atoms with E-state index in [1.807, 2.05) is 0 Å². The molecule has 4 amide bonds. The van der Waals surface area contributed by atoms with E-state index in [1.54, 1.807) is 19.1 Å². The second-order valence-electron chi connectivity index (χ2n) is 7.44. The van der Waals surface area contributed by atoms with Crippen molar-refractivity contribution in [2.24, 2.45) is 5.41 Å². The maximum Gasteiger partial charge on any atom is 0.249 e. The van der Waals surface area contributed by atoms with E-state index in [0.29, 0.717) is 17.1 Å². The molecule has 0 radical (unpaired) electrons. The Morgan fingerprint density at radius 3 is 2.07 bits per heavy atom. The van der Waals surface area contributed by atoms with Gasteiger partial charge in [0, 0.05) is 19.2 Å². The number of nitrogens with two attached hydrogens (primary N) is 1. The van der Waals surface area contributed by atoms with Crippen LogP contribution in [-0.4, -0.2) is 36.2 Å². The van der Waals surface area contributed by atoms with Crippen molar-refractivity contribution < 1.29 is 19.2 Å². The standard InChI is InChI=1S/C19H29N5O4/c1-7-14(25)22-13-10-11(20)8-9-12(13)23-17(28)19(4,5)24-16(27)18(2,3)15(26)21-6/h8-10H,7,20H2,1-6H3,(H,21,26)(H,22,25)(H,23,28)(H,24,27). The van der Waals surface area contributed by atoms with Crippen molar-refractivity contribution in [3.63, 3.8) is 0 Å². The van der Waals surface area contributed by atoms with Gasteiger partial charge in [-0.25, -0.2) is 0 Å². The minimum atomic E-state index is -1.35. The number of carbonyl (C=O) groups excluding carboxylic acids is 4. The van der Waals surface area contributed by atoms with Crippen molar-refractivity contribution in [3.8, 4) is 0 Å². The molecule has 6 N–H and O–H groups in total. The highest BCUT2D eigenvalue weighted by molar-refractivity contribution is 6.08. The number of carbonyl (C=O) groups is 4. The van der Waals surface area contributed by atoms with E-state index in [9.17, 15) is 19.2 Å². The normalized spacial score (nSPS) is 11.4. The summed E-state index contributed by atoms with van der Waals surface area (Å²) in [7, 11) is 1.43.